The maximum Gasteiger partial charge on any atom is 0.263 e. The van der Waals surface area contributed by atoms with Crippen LogP contribution in [0.2, 0.25) is 0 Å². The van der Waals surface area contributed by atoms with Crippen molar-refractivity contribution in [2.45, 2.75) is 50.8 Å². The van der Waals surface area contributed by atoms with E-state index in [9.17, 15) is 9.90 Å². The van der Waals surface area contributed by atoms with Crippen molar-refractivity contribution in [3.63, 3.8) is 0 Å². The van der Waals surface area contributed by atoms with Gasteiger partial charge >= 0.3 is 0 Å². The maximum absolute atomic E-state index is 14.4. The number of nitrogen functional groups attached to an aromatic ring is 1. The molecule has 220 valence electrons. The summed E-state index contributed by atoms with van der Waals surface area (Å²) < 4.78 is 10.4. The van der Waals surface area contributed by atoms with Crippen molar-refractivity contribution in [3.8, 4) is 22.8 Å². The van der Waals surface area contributed by atoms with E-state index in [4.69, 9.17) is 20.6 Å². The number of phenols is 1. The van der Waals surface area contributed by atoms with E-state index in [0.29, 0.717) is 50.1 Å². The number of aromatic nitrogens is 6. The van der Waals surface area contributed by atoms with Gasteiger partial charge in [0.05, 0.1) is 21.8 Å². The van der Waals surface area contributed by atoms with Gasteiger partial charge in [0, 0.05) is 22.0 Å². The molecule has 0 atom stereocenters. The zero-order valence-electron chi connectivity index (χ0n) is 24.1. The molecule has 1 fully saturated rings. The average Bonchev–Trinajstić information content (AvgIpc) is 3.60. The Balaban J connectivity index is 1.36. The largest absolute Gasteiger partial charge is 0.504 e. The second-order valence-corrected chi connectivity index (χ2v) is 13.0. The van der Waals surface area contributed by atoms with E-state index in [1.165, 1.54) is 6.33 Å². The number of hydrogen-bond donors (Lipinski definition) is 2. The molecule has 3 N–H and O–H groups in total. The van der Waals surface area contributed by atoms with Crippen LogP contribution in [0.5, 0.6) is 11.5 Å². The van der Waals surface area contributed by atoms with Crippen LogP contribution >= 0.6 is 15.9 Å². The third kappa shape index (κ3) is 3.95. The fraction of sp³-hybridized carbons (Fsp3) is 0.242. The van der Waals surface area contributed by atoms with Crippen LogP contribution in [0.4, 0.5) is 5.82 Å². The number of halogens is 1. The number of benzene rings is 3. The van der Waals surface area contributed by atoms with Crippen molar-refractivity contribution < 1.29 is 9.84 Å². The van der Waals surface area contributed by atoms with Gasteiger partial charge in [-0.2, -0.15) is 5.10 Å². The van der Waals surface area contributed by atoms with Gasteiger partial charge in [0.15, 0.2) is 17.1 Å². The summed E-state index contributed by atoms with van der Waals surface area (Å²) in [5, 5.41) is 16.8. The summed E-state index contributed by atoms with van der Waals surface area (Å²) in [4.78, 5) is 28.3. The zero-order valence-corrected chi connectivity index (χ0v) is 25.7. The molecule has 3 aromatic heterocycles. The fourth-order valence-corrected chi connectivity index (χ4v) is 7.14. The summed E-state index contributed by atoms with van der Waals surface area (Å²) >= 11 is 3.59. The van der Waals surface area contributed by atoms with Gasteiger partial charge in [-0.25, -0.2) is 19.6 Å². The Labute approximate surface area is 260 Å². The van der Waals surface area contributed by atoms with Gasteiger partial charge in [-0.05, 0) is 72.4 Å². The molecule has 0 saturated heterocycles. The smallest absolute Gasteiger partial charge is 0.263 e. The van der Waals surface area contributed by atoms with Gasteiger partial charge in [-0.1, -0.05) is 36.4 Å². The molecule has 1 aliphatic carbocycles. The van der Waals surface area contributed by atoms with Crippen LogP contribution in [0.3, 0.4) is 0 Å². The molecular weight excluding hydrogens is 622 g/mol. The van der Waals surface area contributed by atoms with Crippen LogP contribution in [-0.2, 0) is 18.5 Å². The highest BCUT2D eigenvalue weighted by atomic mass is 79.9. The molecule has 0 radical (unpaired) electrons. The second kappa shape index (κ2) is 9.36. The molecule has 1 saturated carbocycles. The molecule has 44 heavy (non-hydrogen) atoms. The lowest BCUT2D eigenvalue weighted by Crippen LogP contribution is -2.36. The van der Waals surface area contributed by atoms with Crippen LogP contribution in [-0.4, -0.2) is 40.0 Å². The summed E-state index contributed by atoms with van der Waals surface area (Å²) in [7, 11) is 0. The number of ether oxygens (including phenoxy) is 1. The molecule has 2 aliphatic rings. The van der Waals surface area contributed by atoms with Gasteiger partial charge < -0.3 is 15.6 Å². The Kier molecular flexibility index (Phi) is 5.71. The molecule has 6 aromatic rings. The molecule has 3 aromatic carbocycles. The molecule has 10 nitrogen and oxygen atoms in total. The normalized spacial score (nSPS) is 16.2. The van der Waals surface area contributed by atoms with Crippen LogP contribution in [0.15, 0.2) is 76.3 Å². The third-order valence-electron chi connectivity index (χ3n) is 8.70. The van der Waals surface area contributed by atoms with Crippen molar-refractivity contribution in [3.05, 3.63) is 98.8 Å². The zero-order chi connectivity index (χ0) is 30.4. The Hall–Kier alpha value is -4.77. The van der Waals surface area contributed by atoms with E-state index in [1.54, 1.807) is 10.7 Å². The predicted octanol–water partition coefficient (Wildman–Crippen LogP) is 5.55. The average molecular weight is 651 g/mol. The molecular formula is C33H28BrN7O3. The summed E-state index contributed by atoms with van der Waals surface area (Å²) in [5.41, 5.74) is 9.75. The molecule has 11 heteroatoms. The van der Waals surface area contributed by atoms with Crippen molar-refractivity contribution >= 4 is 43.7 Å². The van der Waals surface area contributed by atoms with Crippen molar-refractivity contribution in [1.29, 1.82) is 0 Å². The molecule has 8 rings (SSSR count). The highest BCUT2D eigenvalue weighted by Gasteiger charge is 2.48. The number of nitrogens with zero attached hydrogens (tertiary/aromatic N) is 6. The minimum atomic E-state index is -0.509. The number of hydrogen-bond acceptors (Lipinski definition) is 8. The monoisotopic (exact) mass is 649 g/mol. The third-order valence-corrected chi connectivity index (χ3v) is 9.37. The lowest BCUT2D eigenvalue weighted by atomic mass is 9.95. The first-order chi connectivity index (χ1) is 21.2. The molecule has 0 spiro atoms. The second-order valence-electron chi connectivity index (χ2n) is 12.1. The molecule has 0 unspecified atom stereocenters. The van der Waals surface area contributed by atoms with Crippen LogP contribution < -0.4 is 16.0 Å². The van der Waals surface area contributed by atoms with Gasteiger partial charge in [0.25, 0.3) is 5.56 Å². The Morgan fingerprint density at radius 1 is 1.02 bits per heavy atom. The SMILES string of the molecule is CC1(C)Cc2c(-c3nn(Cc4nc5cccc(Br)c5c(=O)n4C4(c5ccccc5)CC4)c4ncnc(N)c34)ccc(O)c2O1. The Bertz CT molecular complexity index is 2200. The summed E-state index contributed by atoms with van der Waals surface area (Å²) in [6.07, 6.45) is 3.63. The minimum Gasteiger partial charge on any atom is -0.504 e. The topological polar surface area (TPSA) is 134 Å². The van der Waals surface area contributed by atoms with Gasteiger partial charge in [0.1, 0.15) is 35.8 Å². The van der Waals surface area contributed by atoms with E-state index in [0.717, 1.165) is 29.5 Å². The quantitative estimate of drug-likeness (QED) is 0.248. The molecule has 0 amide bonds. The fourth-order valence-electron chi connectivity index (χ4n) is 6.62. The number of nitrogens with two attached hydrogens (primary N) is 1. The number of phenolic OH excluding ortho intramolecular Hbond substituents is 1. The molecule has 1 aliphatic heterocycles. The van der Waals surface area contributed by atoms with Crippen molar-refractivity contribution in [2.24, 2.45) is 0 Å². The molecule has 4 heterocycles. The van der Waals surface area contributed by atoms with Gasteiger partial charge in [-0.15, -0.1) is 0 Å². The van der Waals surface area contributed by atoms with E-state index in [2.05, 4.69) is 38.0 Å². The number of aromatic hydroxyl groups is 1. The van der Waals surface area contributed by atoms with Crippen molar-refractivity contribution in [2.75, 3.05) is 5.73 Å². The Morgan fingerprint density at radius 3 is 2.59 bits per heavy atom. The van der Waals surface area contributed by atoms with E-state index in [-0.39, 0.29) is 23.7 Å². The number of rotatable bonds is 5. The summed E-state index contributed by atoms with van der Waals surface area (Å²) in [5.74, 6) is 1.37. The first kappa shape index (κ1) is 26.8. The lowest BCUT2D eigenvalue weighted by molar-refractivity contribution is 0.134. The predicted molar refractivity (Wildman–Crippen MR) is 171 cm³/mol. The van der Waals surface area contributed by atoms with Crippen molar-refractivity contribution in [1.82, 2.24) is 29.3 Å². The lowest BCUT2D eigenvalue weighted by Gasteiger charge is -2.23. The number of fused-ring (bicyclic) bond motifs is 3. The molecule has 0 bridgehead atoms. The standard InChI is InChI=1S/C33H28BrN7O3/c1-32(2)15-20-19(11-12-23(42)28(20)44-32)27-26-29(35)36-17-37-30(26)40(39-27)16-24-38-22-10-6-9-21(34)25(22)31(43)41(24)33(13-14-33)18-7-4-3-5-8-18/h3-12,17,42H,13-16H2,1-2H3,(H2,35,36,37). The highest BCUT2D eigenvalue weighted by Crippen LogP contribution is 2.50. The van der Waals surface area contributed by atoms with Crippen LogP contribution in [0.25, 0.3) is 33.2 Å². The first-order valence-corrected chi connectivity index (χ1v) is 15.2. The first-order valence-electron chi connectivity index (χ1n) is 14.4. The van der Waals surface area contributed by atoms with Crippen LogP contribution in [0.1, 0.15) is 43.6 Å². The van der Waals surface area contributed by atoms with Gasteiger partial charge in [0.2, 0.25) is 0 Å². The van der Waals surface area contributed by atoms with E-state index >= 15 is 0 Å². The van der Waals surface area contributed by atoms with E-state index in [1.807, 2.05) is 60.9 Å². The minimum absolute atomic E-state index is 0.0773. The number of anilines is 1. The summed E-state index contributed by atoms with van der Waals surface area (Å²) in [6.45, 7) is 4.13. The van der Waals surface area contributed by atoms with Gasteiger partial charge in [-0.3, -0.25) is 9.36 Å². The summed E-state index contributed by atoms with van der Waals surface area (Å²) in [6, 6.07) is 19.1. The maximum atomic E-state index is 14.4. The van der Waals surface area contributed by atoms with E-state index < -0.39 is 11.1 Å². The highest BCUT2D eigenvalue weighted by molar-refractivity contribution is 9.10. The Morgan fingerprint density at radius 2 is 1.82 bits per heavy atom. The van der Waals surface area contributed by atoms with Crippen LogP contribution in [0, 0.1) is 0 Å².